The minimum Gasteiger partial charge on any atom is -0.462 e. The van der Waals surface area contributed by atoms with Crippen molar-refractivity contribution in [1.29, 1.82) is 0 Å². The van der Waals surface area contributed by atoms with Crippen molar-refractivity contribution in [2.75, 3.05) is 6.61 Å². The number of rotatable bonds is 1. The van der Waals surface area contributed by atoms with Crippen LogP contribution in [-0.2, 0) is 19.1 Å². The van der Waals surface area contributed by atoms with Crippen LogP contribution in [-0.4, -0.2) is 24.6 Å². The Balaban J connectivity index is 1.64. The molecule has 7 atom stereocenters. The number of esters is 2. The summed E-state index contributed by atoms with van der Waals surface area (Å²) in [5, 5.41) is 0. The Morgan fingerprint density at radius 2 is 1.68 bits per heavy atom. The molecular formula is C27H40O4. The number of carbonyl (C=O) groups is 2. The SMILES string of the molecule is CC(=O)OC1CC2C3(C)CCCC(C)(C)C3CCC2(C)C2CCC3=C(C(=O)OC3)C12C. The van der Waals surface area contributed by atoms with E-state index in [-0.39, 0.29) is 28.9 Å². The summed E-state index contributed by atoms with van der Waals surface area (Å²) in [5.41, 5.74) is 2.35. The lowest BCUT2D eigenvalue weighted by Crippen LogP contribution is -2.66. The first-order valence-corrected chi connectivity index (χ1v) is 12.5. The van der Waals surface area contributed by atoms with Gasteiger partial charge in [0.2, 0.25) is 0 Å². The summed E-state index contributed by atoms with van der Waals surface area (Å²) in [6.07, 6.45) is 9.00. The second-order valence-corrected chi connectivity index (χ2v) is 12.8. The topological polar surface area (TPSA) is 52.6 Å². The molecule has 4 heteroatoms. The molecule has 5 aliphatic rings. The van der Waals surface area contributed by atoms with Gasteiger partial charge in [-0.15, -0.1) is 0 Å². The largest absolute Gasteiger partial charge is 0.462 e. The third kappa shape index (κ3) is 2.72. The van der Waals surface area contributed by atoms with Crippen LogP contribution in [0.1, 0.15) is 92.9 Å². The Kier molecular flexibility index (Phi) is 4.59. The molecule has 4 aliphatic carbocycles. The van der Waals surface area contributed by atoms with Crippen molar-refractivity contribution in [1.82, 2.24) is 0 Å². The van der Waals surface area contributed by atoms with Crippen molar-refractivity contribution in [3.05, 3.63) is 11.1 Å². The van der Waals surface area contributed by atoms with Crippen LogP contribution in [0.15, 0.2) is 11.1 Å². The number of cyclic esters (lactones) is 1. The minimum absolute atomic E-state index is 0.158. The highest BCUT2D eigenvalue weighted by molar-refractivity contribution is 5.94. The molecule has 0 saturated heterocycles. The molecule has 172 valence electrons. The van der Waals surface area contributed by atoms with Crippen LogP contribution < -0.4 is 0 Å². The second kappa shape index (κ2) is 6.60. The highest BCUT2D eigenvalue weighted by atomic mass is 16.5. The van der Waals surface area contributed by atoms with Gasteiger partial charge in [0, 0.05) is 17.9 Å². The highest BCUT2D eigenvalue weighted by Crippen LogP contribution is 2.73. The lowest BCUT2D eigenvalue weighted by molar-refractivity contribution is -0.225. The maximum absolute atomic E-state index is 12.9. The van der Waals surface area contributed by atoms with Gasteiger partial charge in [0.25, 0.3) is 0 Å². The lowest BCUT2D eigenvalue weighted by atomic mass is 9.35. The third-order valence-electron chi connectivity index (χ3n) is 11.0. The van der Waals surface area contributed by atoms with Crippen molar-refractivity contribution >= 4 is 11.9 Å². The van der Waals surface area contributed by atoms with E-state index in [4.69, 9.17) is 9.47 Å². The monoisotopic (exact) mass is 428 g/mol. The van der Waals surface area contributed by atoms with E-state index in [9.17, 15) is 9.59 Å². The number of hydrogen-bond acceptors (Lipinski definition) is 4. The van der Waals surface area contributed by atoms with Gasteiger partial charge in [-0.2, -0.15) is 0 Å². The van der Waals surface area contributed by atoms with Crippen LogP contribution >= 0.6 is 0 Å². The third-order valence-corrected chi connectivity index (χ3v) is 11.0. The first-order chi connectivity index (χ1) is 14.4. The molecule has 0 amide bonds. The van der Waals surface area contributed by atoms with Crippen LogP contribution in [0.2, 0.25) is 0 Å². The first-order valence-electron chi connectivity index (χ1n) is 12.5. The Hall–Kier alpha value is -1.32. The molecule has 0 aromatic rings. The van der Waals surface area contributed by atoms with Gasteiger partial charge in [-0.1, -0.05) is 41.0 Å². The molecule has 3 saturated carbocycles. The van der Waals surface area contributed by atoms with Gasteiger partial charge in [0.15, 0.2) is 0 Å². The Morgan fingerprint density at radius 3 is 2.39 bits per heavy atom. The molecule has 0 aromatic heterocycles. The van der Waals surface area contributed by atoms with Gasteiger partial charge in [-0.3, -0.25) is 4.79 Å². The van der Waals surface area contributed by atoms with Crippen LogP contribution in [0, 0.1) is 39.4 Å². The standard InChI is InChI=1S/C27H40O4/c1-16(28)31-21-14-20-25(4)12-7-11-24(2,3)18(25)10-13-26(20,5)19-9-8-17-15-30-23(29)22(17)27(19,21)6/h18-21H,7-15H2,1-6H3. The Labute approximate surface area is 187 Å². The van der Waals surface area contributed by atoms with Gasteiger partial charge in [0.05, 0.1) is 0 Å². The quantitative estimate of drug-likeness (QED) is 0.492. The highest BCUT2D eigenvalue weighted by Gasteiger charge is 2.69. The molecule has 1 aliphatic heterocycles. The van der Waals surface area contributed by atoms with Crippen LogP contribution in [0.4, 0.5) is 0 Å². The van der Waals surface area contributed by atoms with E-state index in [0.29, 0.717) is 29.8 Å². The van der Waals surface area contributed by atoms with Gasteiger partial charge in [-0.25, -0.2) is 4.79 Å². The van der Waals surface area contributed by atoms with E-state index in [1.807, 2.05) is 0 Å². The summed E-state index contributed by atoms with van der Waals surface area (Å²) in [6, 6.07) is 0. The molecule has 4 nitrogen and oxygen atoms in total. The zero-order chi connectivity index (χ0) is 22.4. The summed E-state index contributed by atoms with van der Waals surface area (Å²) in [6.45, 7) is 14.2. The van der Waals surface area contributed by atoms with Gasteiger partial charge in [-0.05, 0) is 84.5 Å². The van der Waals surface area contributed by atoms with Crippen molar-refractivity contribution in [2.24, 2.45) is 39.4 Å². The van der Waals surface area contributed by atoms with Crippen molar-refractivity contribution in [3.8, 4) is 0 Å². The average molecular weight is 429 g/mol. The van der Waals surface area contributed by atoms with E-state index in [1.54, 1.807) is 0 Å². The van der Waals surface area contributed by atoms with Crippen molar-refractivity contribution in [2.45, 2.75) is 99.0 Å². The maximum atomic E-state index is 12.9. The number of carbonyl (C=O) groups excluding carboxylic acids is 2. The number of hydrogen-bond donors (Lipinski definition) is 0. The zero-order valence-corrected chi connectivity index (χ0v) is 20.3. The van der Waals surface area contributed by atoms with Crippen molar-refractivity contribution < 1.29 is 19.1 Å². The molecule has 0 spiro atoms. The lowest BCUT2D eigenvalue weighted by Gasteiger charge is -2.70. The van der Waals surface area contributed by atoms with Crippen LogP contribution in [0.25, 0.3) is 0 Å². The fraction of sp³-hybridized carbons (Fsp3) is 0.852. The van der Waals surface area contributed by atoms with E-state index in [2.05, 4.69) is 34.6 Å². The van der Waals surface area contributed by atoms with Gasteiger partial charge in [0.1, 0.15) is 12.7 Å². The molecule has 31 heavy (non-hydrogen) atoms. The normalized spacial score (nSPS) is 48.1. The molecule has 0 N–H and O–H groups in total. The number of ether oxygens (including phenoxy) is 2. The van der Waals surface area contributed by atoms with Gasteiger partial charge < -0.3 is 9.47 Å². The average Bonchev–Trinajstić information content (AvgIpc) is 3.04. The fourth-order valence-corrected chi connectivity index (χ4v) is 9.90. The van der Waals surface area contributed by atoms with E-state index >= 15 is 0 Å². The molecule has 5 rings (SSSR count). The summed E-state index contributed by atoms with van der Waals surface area (Å²) in [5.74, 6) is 1.17. The minimum atomic E-state index is -0.439. The Bertz CT molecular complexity index is 855. The summed E-state index contributed by atoms with van der Waals surface area (Å²) >= 11 is 0. The molecule has 0 radical (unpaired) electrons. The summed E-state index contributed by atoms with van der Waals surface area (Å²) in [4.78, 5) is 25.2. The predicted octanol–water partition coefficient (Wildman–Crippen LogP) is 5.84. The molecule has 0 aromatic carbocycles. The van der Waals surface area contributed by atoms with Crippen LogP contribution in [0.3, 0.4) is 0 Å². The second-order valence-electron chi connectivity index (χ2n) is 12.8. The van der Waals surface area contributed by atoms with Crippen LogP contribution in [0.5, 0.6) is 0 Å². The molecule has 7 unspecified atom stereocenters. The molecule has 1 heterocycles. The van der Waals surface area contributed by atoms with E-state index in [0.717, 1.165) is 30.4 Å². The fourth-order valence-electron chi connectivity index (χ4n) is 9.90. The Morgan fingerprint density at radius 1 is 0.968 bits per heavy atom. The maximum Gasteiger partial charge on any atom is 0.335 e. The van der Waals surface area contributed by atoms with Gasteiger partial charge >= 0.3 is 11.9 Å². The number of fused-ring (bicyclic) bond motifs is 6. The van der Waals surface area contributed by atoms with E-state index in [1.165, 1.54) is 39.0 Å². The molecule has 3 fully saturated rings. The van der Waals surface area contributed by atoms with E-state index < -0.39 is 5.41 Å². The molecule has 0 bridgehead atoms. The zero-order valence-electron chi connectivity index (χ0n) is 20.3. The smallest absolute Gasteiger partial charge is 0.335 e. The summed E-state index contributed by atoms with van der Waals surface area (Å²) < 4.78 is 11.6. The van der Waals surface area contributed by atoms with Crippen molar-refractivity contribution in [3.63, 3.8) is 0 Å². The predicted molar refractivity (Wildman–Crippen MR) is 119 cm³/mol. The first kappa shape index (κ1) is 21.5. The molecular weight excluding hydrogens is 388 g/mol. The summed E-state index contributed by atoms with van der Waals surface area (Å²) in [7, 11) is 0.